The van der Waals surface area contributed by atoms with E-state index in [4.69, 9.17) is 21.6 Å². The standard InChI is InChI=1S/C28H29ClFN7/c29-23-7-3-8-24(30)22(23)20-37-16-14-36(15-17-37)13-5-12-33-27-18-26(21-6-4-10-31-19-21)34-28(35-27)25-9-1-2-11-32-25/h1-4,6-11,18-19H,5,12-17,20H2,(H,33,34,35). The van der Waals surface area contributed by atoms with Gasteiger partial charge in [0, 0.05) is 80.1 Å². The second-order valence-electron chi connectivity index (χ2n) is 9.02. The lowest BCUT2D eigenvalue weighted by Crippen LogP contribution is -2.46. The third kappa shape index (κ3) is 6.65. The van der Waals surface area contributed by atoms with Gasteiger partial charge in [-0.15, -0.1) is 0 Å². The fourth-order valence-electron chi connectivity index (χ4n) is 4.41. The molecule has 5 rings (SSSR count). The first-order valence-corrected chi connectivity index (χ1v) is 12.9. The van der Waals surface area contributed by atoms with Crippen LogP contribution in [0.15, 0.2) is 73.2 Å². The van der Waals surface area contributed by atoms with Crippen molar-refractivity contribution < 1.29 is 4.39 Å². The summed E-state index contributed by atoms with van der Waals surface area (Å²) < 4.78 is 14.1. The minimum absolute atomic E-state index is 0.233. The third-order valence-corrected chi connectivity index (χ3v) is 6.80. The van der Waals surface area contributed by atoms with Crippen LogP contribution in [0, 0.1) is 5.82 Å². The Hall–Kier alpha value is -3.46. The largest absolute Gasteiger partial charge is 0.370 e. The smallest absolute Gasteiger partial charge is 0.180 e. The van der Waals surface area contributed by atoms with Crippen LogP contribution in [0.2, 0.25) is 5.02 Å². The van der Waals surface area contributed by atoms with Crippen LogP contribution < -0.4 is 5.32 Å². The summed E-state index contributed by atoms with van der Waals surface area (Å²) in [6.07, 6.45) is 6.27. The molecule has 0 radical (unpaired) electrons. The molecule has 1 aliphatic rings. The summed E-state index contributed by atoms with van der Waals surface area (Å²) >= 11 is 6.20. The molecule has 1 aromatic carbocycles. The summed E-state index contributed by atoms with van der Waals surface area (Å²) in [5.41, 5.74) is 3.05. The van der Waals surface area contributed by atoms with E-state index >= 15 is 0 Å². The van der Waals surface area contributed by atoms with Gasteiger partial charge in [-0.05, 0) is 49.4 Å². The minimum Gasteiger partial charge on any atom is -0.370 e. The maximum Gasteiger partial charge on any atom is 0.180 e. The highest BCUT2D eigenvalue weighted by Crippen LogP contribution is 2.23. The molecule has 37 heavy (non-hydrogen) atoms. The van der Waals surface area contributed by atoms with E-state index in [1.54, 1.807) is 30.7 Å². The van der Waals surface area contributed by atoms with Crippen LogP contribution in [0.3, 0.4) is 0 Å². The molecule has 0 amide bonds. The highest BCUT2D eigenvalue weighted by atomic mass is 35.5. The average Bonchev–Trinajstić information content (AvgIpc) is 2.95. The molecule has 0 atom stereocenters. The molecule has 0 unspecified atom stereocenters. The van der Waals surface area contributed by atoms with Gasteiger partial charge in [-0.2, -0.15) is 0 Å². The van der Waals surface area contributed by atoms with Gasteiger partial charge in [0.05, 0.1) is 5.69 Å². The van der Waals surface area contributed by atoms with Crippen molar-refractivity contribution in [3.05, 3.63) is 89.6 Å². The Morgan fingerprint density at radius 1 is 0.892 bits per heavy atom. The lowest BCUT2D eigenvalue weighted by molar-refractivity contribution is 0.126. The normalized spacial score (nSPS) is 14.5. The predicted octanol–water partition coefficient (Wildman–Crippen LogP) is 5.01. The van der Waals surface area contributed by atoms with Crippen LogP contribution in [0.5, 0.6) is 0 Å². The molecule has 3 aromatic heterocycles. The maximum absolute atomic E-state index is 14.1. The van der Waals surface area contributed by atoms with Crippen molar-refractivity contribution in [1.82, 2.24) is 29.7 Å². The summed E-state index contributed by atoms with van der Waals surface area (Å²) in [6, 6.07) is 16.4. The number of nitrogens with zero attached hydrogens (tertiary/aromatic N) is 6. The first-order valence-electron chi connectivity index (χ1n) is 12.5. The number of hydrogen-bond acceptors (Lipinski definition) is 7. The summed E-state index contributed by atoms with van der Waals surface area (Å²) in [4.78, 5) is 22.8. The van der Waals surface area contributed by atoms with Crippen LogP contribution in [0.1, 0.15) is 12.0 Å². The topological polar surface area (TPSA) is 70.1 Å². The van der Waals surface area contributed by atoms with E-state index in [1.807, 2.05) is 36.4 Å². The van der Waals surface area contributed by atoms with Crippen LogP contribution in [-0.2, 0) is 6.54 Å². The van der Waals surface area contributed by atoms with Crippen molar-refractivity contribution in [3.63, 3.8) is 0 Å². The van der Waals surface area contributed by atoms with Gasteiger partial charge in [0.15, 0.2) is 5.82 Å². The molecule has 0 saturated carbocycles. The Morgan fingerprint density at radius 3 is 2.51 bits per heavy atom. The number of benzene rings is 1. The monoisotopic (exact) mass is 517 g/mol. The van der Waals surface area contributed by atoms with Crippen molar-refractivity contribution in [3.8, 4) is 22.8 Å². The molecule has 0 spiro atoms. The molecule has 0 bridgehead atoms. The molecule has 1 aliphatic heterocycles. The lowest BCUT2D eigenvalue weighted by atomic mass is 10.1. The molecule has 0 aliphatic carbocycles. The molecule has 190 valence electrons. The second-order valence-corrected chi connectivity index (χ2v) is 9.42. The molecule has 1 fully saturated rings. The van der Waals surface area contributed by atoms with E-state index in [0.717, 1.165) is 68.5 Å². The van der Waals surface area contributed by atoms with Crippen molar-refractivity contribution in [2.45, 2.75) is 13.0 Å². The number of pyridine rings is 2. The quantitative estimate of drug-likeness (QED) is 0.313. The molecule has 1 saturated heterocycles. The zero-order chi connectivity index (χ0) is 25.5. The van der Waals surface area contributed by atoms with Gasteiger partial charge in [0.1, 0.15) is 17.3 Å². The number of aromatic nitrogens is 4. The molecule has 4 aromatic rings. The van der Waals surface area contributed by atoms with Crippen molar-refractivity contribution in [2.24, 2.45) is 0 Å². The Balaban J connectivity index is 1.14. The molecule has 1 N–H and O–H groups in total. The van der Waals surface area contributed by atoms with Crippen molar-refractivity contribution in [1.29, 1.82) is 0 Å². The van der Waals surface area contributed by atoms with Crippen molar-refractivity contribution >= 4 is 17.4 Å². The van der Waals surface area contributed by atoms with Crippen LogP contribution >= 0.6 is 11.6 Å². The van der Waals surface area contributed by atoms with Crippen LogP contribution in [0.25, 0.3) is 22.8 Å². The average molecular weight is 518 g/mol. The van der Waals surface area contributed by atoms with Gasteiger partial charge >= 0.3 is 0 Å². The first-order chi connectivity index (χ1) is 18.2. The Bertz CT molecular complexity index is 1220. The Morgan fingerprint density at radius 2 is 1.76 bits per heavy atom. The minimum atomic E-state index is -0.233. The number of halogens is 2. The molecule has 9 heteroatoms. The van der Waals surface area contributed by atoms with Crippen LogP contribution in [0.4, 0.5) is 10.2 Å². The summed E-state index contributed by atoms with van der Waals surface area (Å²) in [6.45, 7) is 6.01. The third-order valence-electron chi connectivity index (χ3n) is 6.44. The van der Waals surface area contributed by atoms with Gasteiger partial charge in [0.2, 0.25) is 0 Å². The Labute approximate surface area is 221 Å². The van der Waals surface area contributed by atoms with Crippen molar-refractivity contribution in [2.75, 3.05) is 44.6 Å². The second kappa shape index (κ2) is 12.2. The number of piperazine rings is 1. The molecular formula is C28H29ClFN7. The summed E-state index contributed by atoms with van der Waals surface area (Å²) in [5.74, 6) is 1.11. The number of hydrogen-bond donors (Lipinski definition) is 1. The molecular weight excluding hydrogens is 489 g/mol. The summed E-state index contributed by atoms with van der Waals surface area (Å²) in [5, 5.41) is 3.96. The number of rotatable bonds is 9. The fourth-order valence-corrected chi connectivity index (χ4v) is 4.63. The first kappa shape index (κ1) is 25.2. The molecule has 7 nitrogen and oxygen atoms in total. The van der Waals surface area contributed by atoms with Gasteiger partial charge in [-0.25, -0.2) is 14.4 Å². The maximum atomic E-state index is 14.1. The highest BCUT2D eigenvalue weighted by Gasteiger charge is 2.19. The lowest BCUT2D eigenvalue weighted by Gasteiger charge is -2.34. The van der Waals surface area contributed by atoms with Gasteiger partial charge < -0.3 is 10.2 Å². The Kier molecular flexibility index (Phi) is 8.30. The van der Waals surface area contributed by atoms with E-state index in [9.17, 15) is 4.39 Å². The zero-order valence-electron chi connectivity index (χ0n) is 20.5. The summed E-state index contributed by atoms with van der Waals surface area (Å²) in [7, 11) is 0. The van der Waals surface area contributed by atoms with Gasteiger partial charge in [0.25, 0.3) is 0 Å². The van der Waals surface area contributed by atoms with E-state index < -0.39 is 0 Å². The van der Waals surface area contributed by atoms with Gasteiger partial charge in [-0.3, -0.25) is 14.9 Å². The van der Waals surface area contributed by atoms with E-state index in [-0.39, 0.29) is 5.82 Å². The number of nitrogens with one attached hydrogen (secondary N) is 1. The SMILES string of the molecule is Fc1cccc(Cl)c1CN1CCN(CCCNc2cc(-c3cccnc3)nc(-c3ccccn3)n2)CC1. The number of anilines is 1. The van der Waals surface area contributed by atoms with E-state index in [1.165, 1.54) is 6.07 Å². The van der Waals surface area contributed by atoms with E-state index in [0.29, 0.717) is 23.0 Å². The molecule has 4 heterocycles. The zero-order valence-corrected chi connectivity index (χ0v) is 21.3. The fraction of sp³-hybridized carbons (Fsp3) is 0.286. The van der Waals surface area contributed by atoms with Gasteiger partial charge in [-0.1, -0.05) is 23.7 Å². The van der Waals surface area contributed by atoms with Crippen LogP contribution in [-0.4, -0.2) is 69.0 Å². The predicted molar refractivity (Wildman–Crippen MR) is 145 cm³/mol. The highest BCUT2D eigenvalue weighted by molar-refractivity contribution is 6.31. The van der Waals surface area contributed by atoms with E-state index in [2.05, 4.69) is 25.1 Å².